The van der Waals surface area contributed by atoms with E-state index in [9.17, 15) is 4.79 Å². The maximum Gasteiger partial charge on any atom is 0.224 e. The third kappa shape index (κ3) is 4.58. The first-order valence-corrected chi connectivity index (χ1v) is 7.38. The van der Waals surface area contributed by atoms with Gasteiger partial charge in [-0.3, -0.25) is 4.79 Å². The molecule has 0 saturated carbocycles. The van der Waals surface area contributed by atoms with Crippen molar-refractivity contribution < 1.29 is 4.79 Å². The van der Waals surface area contributed by atoms with Gasteiger partial charge < -0.3 is 11.1 Å². The Morgan fingerprint density at radius 1 is 1.33 bits per heavy atom. The van der Waals surface area contributed by atoms with Crippen LogP contribution in [0.1, 0.15) is 25.7 Å². The van der Waals surface area contributed by atoms with Crippen molar-refractivity contribution in [1.82, 2.24) is 9.78 Å². The zero-order valence-electron chi connectivity index (χ0n) is 11.8. The van der Waals surface area contributed by atoms with E-state index in [0.29, 0.717) is 23.7 Å². The van der Waals surface area contributed by atoms with Crippen molar-refractivity contribution in [1.29, 1.82) is 0 Å². The summed E-state index contributed by atoms with van der Waals surface area (Å²) in [4.78, 5) is 12.0. The van der Waals surface area contributed by atoms with Crippen LogP contribution < -0.4 is 11.1 Å². The fourth-order valence-corrected chi connectivity index (χ4v) is 2.21. The van der Waals surface area contributed by atoms with Crippen LogP contribution in [0.25, 0.3) is 5.69 Å². The molecule has 6 heteroatoms. The molecule has 0 atom stereocenters. The second-order valence-corrected chi connectivity index (χ2v) is 5.20. The Morgan fingerprint density at radius 3 is 2.90 bits per heavy atom. The molecule has 3 N–H and O–H groups in total. The second kappa shape index (κ2) is 7.81. The molecular weight excluding hydrogens is 288 g/mol. The Kier molecular flexibility index (Phi) is 5.78. The van der Waals surface area contributed by atoms with Gasteiger partial charge in [0, 0.05) is 23.8 Å². The Labute approximate surface area is 129 Å². The van der Waals surface area contributed by atoms with Gasteiger partial charge in [0.05, 0.1) is 11.4 Å². The fraction of sp³-hybridized carbons (Fsp3) is 0.333. The fourth-order valence-electron chi connectivity index (χ4n) is 2.04. The normalized spacial score (nSPS) is 10.6. The average molecular weight is 307 g/mol. The van der Waals surface area contributed by atoms with Gasteiger partial charge in [-0.1, -0.05) is 18.0 Å². The average Bonchev–Trinajstić information content (AvgIpc) is 2.98. The number of carbonyl (C=O) groups is 1. The van der Waals surface area contributed by atoms with Crippen molar-refractivity contribution in [2.45, 2.75) is 25.7 Å². The van der Waals surface area contributed by atoms with Crippen LogP contribution >= 0.6 is 11.6 Å². The first-order chi connectivity index (χ1) is 10.2. The van der Waals surface area contributed by atoms with Crippen molar-refractivity contribution >= 4 is 23.2 Å². The molecule has 0 aliphatic carbocycles. The maximum atomic E-state index is 12.0. The van der Waals surface area contributed by atoms with Gasteiger partial charge in [0.25, 0.3) is 0 Å². The third-order valence-corrected chi connectivity index (χ3v) is 3.33. The number of nitrogens with one attached hydrogen (secondary N) is 1. The summed E-state index contributed by atoms with van der Waals surface area (Å²) in [7, 11) is 0. The number of hydrogen-bond acceptors (Lipinski definition) is 3. The summed E-state index contributed by atoms with van der Waals surface area (Å²) >= 11 is 6.01. The summed E-state index contributed by atoms with van der Waals surface area (Å²) in [6.07, 6.45) is 6.73. The molecule has 5 nitrogen and oxygen atoms in total. The number of benzene rings is 1. The minimum absolute atomic E-state index is 0.0253. The molecule has 0 fully saturated rings. The minimum Gasteiger partial charge on any atom is -0.330 e. The van der Waals surface area contributed by atoms with Gasteiger partial charge in [0.1, 0.15) is 0 Å². The largest absolute Gasteiger partial charge is 0.330 e. The molecule has 1 aromatic heterocycles. The van der Waals surface area contributed by atoms with Gasteiger partial charge in [-0.05, 0) is 43.7 Å². The van der Waals surface area contributed by atoms with Crippen LogP contribution in [-0.2, 0) is 4.79 Å². The molecular formula is C15H19ClN4O. The molecule has 1 aromatic carbocycles. The van der Waals surface area contributed by atoms with E-state index in [1.165, 1.54) is 0 Å². The van der Waals surface area contributed by atoms with Gasteiger partial charge in [-0.25, -0.2) is 4.68 Å². The molecule has 112 valence electrons. The predicted octanol–water partition coefficient (Wildman–Crippen LogP) is 2.98. The molecule has 0 saturated heterocycles. The van der Waals surface area contributed by atoms with Crippen molar-refractivity contribution in [2.75, 3.05) is 11.9 Å². The molecule has 0 spiro atoms. The predicted molar refractivity (Wildman–Crippen MR) is 84.7 cm³/mol. The molecule has 2 rings (SSSR count). The van der Waals surface area contributed by atoms with Crippen LogP contribution in [0.4, 0.5) is 5.69 Å². The number of unbranched alkanes of at least 4 members (excludes halogenated alkanes) is 2. The SMILES string of the molecule is NCCCCCC(=O)Nc1cc(Cl)ccc1-n1cccn1. The van der Waals surface area contributed by atoms with Gasteiger partial charge in [0.2, 0.25) is 5.91 Å². The van der Waals surface area contributed by atoms with E-state index in [1.807, 2.05) is 18.3 Å². The van der Waals surface area contributed by atoms with Crippen molar-refractivity contribution in [2.24, 2.45) is 5.73 Å². The quantitative estimate of drug-likeness (QED) is 0.772. The summed E-state index contributed by atoms with van der Waals surface area (Å²) in [5.74, 6) is -0.0253. The van der Waals surface area contributed by atoms with Crippen molar-refractivity contribution in [3.8, 4) is 5.69 Å². The van der Waals surface area contributed by atoms with Crippen molar-refractivity contribution in [3.63, 3.8) is 0 Å². The Hall–Kier alpha value is -1.85. The Morgan fingerprint density at radius 2 is 2.19 bits per heavy atom. The molecule has 0 unspecified atom stereocenters. The molecule has 21 heavy (non-hydrogen) atoms. The highest BCUT2D eigenvalue weighted by atomic mass is 35.5. The van der Waals surface area contributed by atoms with Gasteiger partial charge in [-0.15, -0.1) is 0 Å². The highest BCUT2D eigenvalue weighted by molar-refractivity contribution is 6.31. The minimum atomic E-state index is -0.0253. The number of halogens is 1. The zero-order valence-corrected chi connectivity index (χ0v) is 12.5. The van der Waals surface area contributed by atoms with Crippen LogP contribution in [-0.4, -0.2) is 22.2 Å². The number of nitrogens with zero attached hydrogens (tertiary/aromatic N) is 2. The topological polar surface area (TPSA) is 72.9 Å². The molecule has 0 bridgehead atoms. The zero-order chi connectivity index (χ0) is 15.1. The first-order valence-electron chi connectivity index (χ1n) is 7.00. The lowest BCUT2D eigenvalue weighted by Gasteiger charge is -2.11. The Bertz CT molecular complexity index is 583. The smallest absolute Gasteiger partial charge is 0.224 e. The van der Waals surface area contributed by atoms with Crippen LogP contribution in [0.3, 0.4) is 0 Å². The van der Waals surface area contributed by atoms with Crippen LogP contribution in [0, 0.1) is 0 Å². The van der Waals surface area contributed by atoms with E-state index >= 15 is 0 Å². The van der Waals surface area contributed by atoms with E-state index in [1.54, 1.807) is 23.0 Å². The lowest BCUT2D eigenvalue weighted by molar-refractivity contribution is -0.116. The monoisotopic (exact) mass is 306 g/mol. The lowest BCUT2D eigenvalue weighted by Crippen LogP contribution is -2.13. The number of aromatic nitrogens is 2. The number of hydrogen-bond donors (Lipinski definition) is 2. The highest BCUT2D eigenvalue weighted by Crippen LogP contribution is 2.24. The maximum absolute atomic E-state index is 12.0. The molecule has 2 aromatic rings. The highest BCUT2D eigenvalue weighted by Gasteiger charge is 2.09. The summed E-state index contributed by atoms with van der Waals surface area (Å²) in [6.45, 7) is 0.666. The van der Waals surface area contributed by atoms with E-state index < -0.39 is 0 Å². The first kappa shape index (κ1) is 15.5. The summed E-state index contributed by atoms with van der Waals surface area (Å²) in [5, 5.41) is 7.65. The summed E-state index contributed by atoms with van der Waals surface area (Å²) in [5.41, 5.74) is 6.89. The van der Waals surface area contributed by atoms with Crippen LogP contribution in [0.5, 0.6) is 0 Å². The molecule has 0 aliphatic rings. The van der Waals surface area contributed by atoms with Gasteiger partial charge in [0.15, 0.2) is 0 Å². The number of rotatable bonds is 7. The lowest BCUT2D eigenvalue weighted by atomic mass is 10.2. The number of anilines is 1. The van der Waals surface area contributed by atoms with E-state index in [-0.39, 0.29) is 5.91 Å². The van der Waals surface area contributed by atoms with E-state index in [2.05, 4.69) is 10.4 Å². The summed E-state index contributed by atoms with van der Waals surface area (Å²) < 4.78 is 1.69. The van der Waals surface area contributed by atoms with Gasteiger partial charge >= 0.3 is 0 Å². The number of nitrogens with two attached hydrogens (primary N) is 1. The Balaban J connectivity index is 2.05. The summed E-state index contributed by atoms with van der Waals surface area (Å²) in [6, 6.07) is 7.16. The van der Waals surface area contributed by atoms with Crippen molar-refractivity contribution in [3.05, 3.63) is 41.7 Å². The third-order valence-electron chi connectivity index (χ3n) is 3.09. The van der Waals surface area contributed by atoms with Gasteiger partial charge in [-0.2, -0.15) is 5.10 Å². The number of carbonyl (C=O) groups excluding carboxylic acids is 1. The standard InChI is InChI=1S/C15H19ClN4O/c16-12-6-7-14(20-10-4-9-18-20)13(11-12)19-15(21)5-2-1-3-8-17/h4,6-7,9-11H,1-3,5,8,17H2,(H,19,21). The van der Waals surface area contributed by atoms with E-state index in [4.69, 9.17) is 17.3 Å². The molecule has 1 amide bonds. The molecule has 0 radical (unpaired) electrons. The van der Waals surface area contributed by atoms with E-state index in [0.717, 1.165) is 24.9 Å². The second-order valence-electron chi connectivity index (χ2n) is 4.76. The van der Waals surface area contributed by atoms with Crippen LogP contribution in [0.15, 0.2) is 36.7 Å². The van der Waals surface area contributed by atoms with Crippen LogP contribution in [0.2, 0.25) is 5.02 Å². The molecule has 1 heterocycles. The number of amides is 1. The molecule has 0 aliphatic heterocycles.